The van der Waals surface area contributed by atoms with Crippen LogP contribution in [-0.4, -0.2) is 29.6 Å². The molecular formula is C27H28ClN5O3. The minimum atomic E-state index is -1.22. The fraction of sp³-hybridized carbons (Fsp3) is 0.296. The number of hydrogen-bond donors (Lipinski definition) is 1. The highest BCUT2D eigenvalue weighted by Gasteiger charge is 2.22. The van der Waals surface area contributed by atoms with Gasteiger partial charge in [0.15, 0.2) is 5.82 Å². The van der Waals surface area contributed by atoms with Crippen LogP contribution in [0.2, 0.25) is 5.02 Å². The lowest BCUT2D eigenvalue weighted by Crippen LogP contribution is -2.24. The van der Waals surface area contributed by atoms with E-state index in [9.17, 15) is 9.90 Å². The predicted octanol–water partition coefficient (Wildman–Crippen LogP) is 4.78. The van der Waals surface area contributed by atoms with Crippen LogP contribution in [0.15, 0.2) is 47.5 Å². The average Bonchev–Trinajstić information content (AvgIpc) is 2.81. The summed E-state index contributed by atoms with van der Waals surface area (Å²) in [6.45, 7) is 10.8. The first kappa shape index (κ1) is 25.5. The van der Waals surface area contributed by atoms with Crippen LogP contribution in [0.5, 0.6) is 5.75 Å². The summed E-state index contributed by atoms with van der Waals surface area (Å²) < 4.78 is 7.49. The number of aryl methyl sites for hydroxylation is 3. The molecule has 1 N–H and O–H groups in total. The van der Waals surface area contributed by atoms with Gasteiger partial charge in [0, 0.05) is 29.8 Å². The number of hydrogen-bond acceptors (Lipinski definition) is 7. The molecule has 0 aliphatic carbocycles. The van der Waals surface area contributed by atoms with E-state index in [-0.39, 0.29) is 18.0 Å². The fourth-order valence-corrected chi connectivity index (χ4v) is 3.99. The van der Waals surface area contributed by atoms with E-state index in [0.29, 0.717) is 39.1 Å². The molecule has 0 saturated heterocycles. The lowest BCUT2D eigenvalue weighted by Gasteiger charge is -2.18. The Labute approximate surface area is 214 Å². The molecule has 0 bridgehead atoms. The van der Waals surface area contributed by atoms with Crippen LogP contribution >= 0.6 is 11.6 Å². The van der Waals surface area contributed by atoms with Gasteiger partial charge in [-0.1, -0.05) is 17.7 Å². The van der Waals surface area contributed by atoms with Crippen molar-refractivity contribution in [3.05, 3.63) is 92.1 Å². The molecule has 0 unspecified atom stereocenters. The van der Waals surface area contributed by atoms with E-state index in [1.54, 1.807) is 33.0 Å². The Kier molecular flexibility index (Phi) is 6.93. The second kappa shape index (κ2) is 9.79. The molecule has 9 heteroatoms. The third kappa shape index (κ3) is 5.15. The summed E-state index contributed by atoms with van der Waals surface area (Å²) in [7, 11) is 0. The molecule has 0 atom stereocenters. The minimum Gasteiger partial charge on any atom is -0.487 e. The number of nitrogens with zero attached hydrogens (tertiary/aromatic N) is 5. The molecule has 4 heterocycles. The third-order valence-corrected chi connectivity index (χ3v) is 6.04. The van der Waals surface area contributed by atoms with Crippen molar-refractivity contribution < 1.29 is 9.84 Å². The van der Waals surface area contributed by atoms with E-state index in [2.05, 4.69) is 19.9 Å². The van der Waals surface area contributed by atoms with E-state index in [0.717, 1.165) is 17.0 Å². The van der Waals surface area contributed by atoms with Crippen LogP contribution in [0, 0.1) is 27.7 Å². The first-order valence-corrected chi connectivity index (χ1v) is 11.8. The van der Waals surface area contributed by atoms with E-state index >= 15 is 0 Å². The highest BCUT2D eigenvalue weighted by Crippen LogP contribution is 2.29. The second-order valence-electron chi connectivity index (χ2n) is 9.28. The van der Waals surface area contributed by atoms with Crippen LogP contribution in [0.1, 0.15) is 47.9 Å². The zero-order valence-electron chi connectivity index (χ0n) is 21.1. The van der Waals surface area contributed by atoms with Gasteiger partial charge >= 0.3 is 0 Å². The number of ether oxygens (including phenoxy) is 1. The van der Waals surface area contributed by atoms with E-state index < -0.39 is 5.60 Å². The molecule has 186 valence electrons. The van der Waals surface area contributed by atoms with Crippen molar-refractivity contribution in [2.24, 2.45) is 0 Å². The van der Waals surface area contributed by atoms with E-state index in [1.165, 1.54) is 10.8 Å². The molecular weight excluding hydrogens is 478 g/mol. The molecule has 0 spiro atoms. The van der Waals surface area contributed by atoms with E-state index in [4.69, 9.17) is 16.3 Å². The quantitative estimate of drug-likeness (QED) is 0.402. The first-order chi connectivity index (χ1) is 17.0. The Morgan fingerprint density at radius 2 is 1.81 bits per heavy atom. The van der Waals surface area contributed by atoms with Gasteiger partial charge < -0.3 is 9.84 Å². The van der Waals surface area contributed by atoms with Crippen molar-refractivity contribution in [2.75, 3.05) is 0 Å². The van der Waals surface area contributed by atoms with Gasteiger partial charge in [0.05, 0.1) is 33.4 Å². The topological polar surface area (TPSA) is 103 Å². The largest absolute Gasteiger partial charge is 0.487 e. The molecule has 0 aromatic carbocycles. The fourth-order valence-electron chi connectivity index (χ4n) is 3.80. The molecule has 36 heavy (non-hydrogen) atoms. The van der Waals surface area contributed by atoms with Crippen molar-refractivity contribution in [1.82, 2.24) is 24.5 Å². The SMILES string of the molecule is Cc1cccc(COc2cc(C)n(-c3cc(-c4nc(C(C)(C)O)ncc4C)ncc3Cl)c(=O)c2C)n1. The van der Waals surface area contributed by atoms with Crippen molar-refractivity contribution >= 4 is 11.6 Å². The van der Waals surface area contributed by atoms with Gasteiger partial charge in [-0.3, -0.25) is 19.3 Å². The molecule has 4 rings (SSSR count). The zero-order valence-corrected chi connectivity index (χ0v) is 21.9. The van der Waals surface area contributed by atoms with Gasteiger partial charge in [-0.25, -0.2) is 9.97 Å². The summed E-state index contributed by atoms with van der Waals surface area (Å²) in [5.41, 5.74) is 3.62. The Bertz CT molecular complexity index is 1510. The highest BCUT2D eigenvalue weighted by molar-refractivity contribution is 6.32. The van der Waals surface area contributed by atoms with Gasteiger partial charge in [0.25, 0.3) is 5.56 Å². The molecule has 0 radical (unpaired) electrons. The van der Waals surface area contributed by atoms with Crippen molar-refractivity contribution in [2.45, 2.75) is 53.8 Å². The third-order valence-electron chi connectivity index (χ3n) is 5.75. The van der Waals surface area contributed by atoms with Crippen LogP contribution in [0.3, 0.4) is 0 Å². The Morgan fingerprint density at radius 3 is 2.50 bits per heavy atom. The van der Waals surface area contributed by atoms with Crippen LogP contribution < -0.4 is 10.3 Å². The van der Waals surface area contributed by atoms with Crippen LogP contribution in [-0.2, 0) is 12.2 Å². The van der Waals surface area contributed by atoms with Crippen LogP contribution in [0.4, 0.5) is 0 Å². The lowest BCUT2D eigenvalue weighted by atomic mass is 10.1. The second-order valence-corrected chi connectivity index (χ2v) is 9.69. The number of halogens is 1. The number of pyridine rings is 3. The highest BCUT2D eigenvalue weighted by atomic mass is 35.5. The molecule has 0 aliphatic rings. The summed E-state index contributed by atoms with van der Waals surface area (Å²) in [6.07, 6.45) is 3.13. The Balaban J connectivity index is 1.75. The van der Waals surface area contributed by atoms with Crippen molar-refractivity contribution in [3.8, 4) is 22.8 Å². The maximum absolute atomic E-state index is 13.5. The average molecular weight is 506 g/mol. The molecule has 8 nitrogen and oxygen atoms in total. The minimum absolute atomic E-state index is 0.252. The summed E-state index contributed by atoms with van der Waals surface area (Å²) in [4.78, 5) is 31.1. The number of rotatable bonds is 6. The number of aliphatic hydroxyl groups is 1. The summed E-state index contributed by atoms with van der Waals surface area (Å²) in [5, 5.41) is 10.7. The van der Waals surface area contributed by atoms with Crippen molar-refractivity contribution in [1.29, 1.82) is 0 Å². The van der Waals surface area contributed by atoms with E-state index in [1.807, 2.05) is 45.0 Å². The molecule has 0 aliphatic heterocycles. The maximum Gasteiger partial charge on any atom is 0.261 e. The normalized spacial score (nSPS) is 11.6. The standard InChI is InChI=1S/C27H28ClN5O3/c1-15-12-30-26(27(5,6)35)32-24(15)21-11-22(20(28)13-29-21)33-17(3)10-23(18(4)25(33)34)36-14-19-9-7-8-16(2)31-19/h7-13,35H,14H2,1-6H3. The van der Waals surface area contributed by atoms with Gasteiger partial charge in [-0.15, -0.1) is 0 Å². The molecule has 4 aromatic rings. The monoisotopic (exact) mass is 505 g/mol. The number of aromatic nitrogens is 5. The van der Waals surface area contributed by atoms with Gasteiger partial charge in [-0.2, -0.15) is 0 Å². The zero-order chi connectivity index (χ0) is 26.2. The van der Waals surface area contributed by atoms with Gasteiger partial charge in [-0.05, 0) is 65.3 Å². The predicted molar refractivity (Wildman–Crippen MR) is 139 cm³/mol. The Morgan fingerprint density at radius 1 is 1.06 bits per heavy atom. The maximum atomic E-state index is 13.5. The molecule has 4 aromatic heterocycles. The van der Waals surface area contributed by atoms with Crippen molar-refractivity contribution in [3.63, 3.8) is 0 Å². The van der Waals surface area contributed by atoms with Crippen LogP contribution in [0.25, 0.3) is 17.1 Å². The summed E-state index contributed by atoms with van der Waals surface area (Å²) in [5.74, 6) is 0.763. The molecule has 0 saturated carbocycles. The smallest absolute Gasteiger partial charge is 0.261 e. The Hall–Kier alpha value is -3.62. The summed E-state index contributed by atoms with van der Waals surface area (Å²) >= 11 is 6.52. The lowest BCUT2D eigenvalue weighted by molar-refractivity contribution is 0.0688. The molecule has 0 fully saturated rings. The summed E-state index contributed by atoms with van der Waals surface area (Å²) in [6, 6.07) is 9.25. The molecule has 0 amide bonds. The van der Waals surface area contributed by atoms with Gasteiger partial charge in [0.2, 0.25) is 0 Å². The first-order valence-electron chi connectivity index (χ1n) is 11.5. The van der Waals surface area contributed by atoms with Gasteiger partial charge in [0.1, 0.15) is 18.0 Å².